The Morgan fingerprint density at radius 3 is 2.60 bits per heavy atom. The quantitative estimate of drug-likeness (QED) is 0.368. The van der Waals surface area contributed by atoms with Crippen molar-refractivity contribution < 1.29 is 18.8 Å². The number of nitro groups is 1. The summed E-state index contributed by atoms with van der Waals surface area (Å²) in [7, 11) is 0. The first-order valence-corrected chi connectivity index (χ1v) is 7.22. The number of halogens is 1. The molecule has 0 N–H and O–H groups in total. The number of benzene rings is 2. The van der Waals surface area contributed by atoms with Crippen LogP contribution in [0, 0.1) is 15.9 Å². The highest BCUT2D eigenvalue weighted by Crippen LogP contribution is 2.18. The topological polar surface area (TPSA) is 81.8 Å². The summed E-state index contributed by atoms with van der Waals surface area (Å²) in [5.74, 6) is -1.02. The van der Waals surface area contributed by atoms with Gasteiger partial charge in [0.25, 0.3) is 5.69 Å². The fourth-order valence-electron chi connectivity index (χ4n) is 2.16. The van der Waals surface area contributed by atoms with E-state index in [0.29, 0.717) is 11.1 Å². The van der Waals surface area contributed by atoms with Crippen LogP contribution in [0.1, 0.15) is 11.1 Å². The maximum absolute atomic E-state index is 13.2. The highest BCUT2D eigenvalue weighted by Gasteiger charge is 2.21. The second-order valence-electron chi connectivity index (χ2n) is 5.11. The summed E-state index contributed by atoms with van der Waals surface area (Å²) >= 11 is 0. The number of carbonyl (C=O) groups is 1. The van der Waals surface area contributed by atoms with Crippen molar-refractivity contribution in [3.05, 3.63) is 87.4 Å². The summed E-state index contributed by atoms with van der Waals surface area (Å²) in [6.45, 7) is 0. The summed E-state index contributed by atoms with van der Waals surface area (Å²) in [4.78, 5) is 26.1. The summed E-state index contributed by atoms with van der Waals surface area (Å²) < 4.78 is 18.2. The van der Waals surface area contributed by atoms with Gasteiger partial charge in [0.2, 0.25) is 5.90 Å². The van der Waals surface area contributed by atoms with E-state index >= 15 is 0 Å². The number of hydrogen-bond donors (Lipinski definition) is 0. The van der Waals surface area contributed by atoms with Gasteiger partial charge in [0.05, 0.1) is 4.92 Å². The molecule has 3 rings (SSSR count). The Balaban J connectivity index is 1.81. The molecule has 1 aliphatic rings. The number of hydrogen-bond acceptors (Lipinski definition) is 5. The van der Waals surface area contributed by atoms with Gasteiger partial charge in [0.15, 0.2) is 5.70 Å². The average Bonchev–Trinajstić information content (AvgIpc) is 2.93. The van der Waals surface area contributed by atoms with Crippen LogP contribution in [0.25, 0.3) is 12.2 Å². The number of nitrogens with zero attached hydrogens (tertiary/aromatic N) is 2. The molecular formula is C18H11FN2O4. The largest absolute Gasteiger partial charge is 0.403 e. The van der Waals surface area contributed by atoms with Crippen LogP contribution in [0.3, 0.4) is 0 Å². The highest BCUT2D eigenvalue weighted by atomic mass is 19.1. The Morgan fingerprint density at radius 2 is 1.84 bits per heavy atom. The van der Waals surface area contributed by atoms with Gasteiger partial charge in [-0.2, -0.15) is 0 Å². The smallest absolute Gasteiger partial charge is 0.363 e. The van der Waals surface area contributed by atoms with E-state index in [0.717, 1.165) is 0 Å². The molecule has 0 saturated carbocycles. The van der Waals surface area contributed by atoms with E-state index in [1.807, 2.05) is 0 Å². The van der Waals surface area contributed by atoms with Gasteiger partial charge in [0, 0.05) is 18.2 Å². The van der Waals surface area contributed by atoms with Crippen molar-refractivity contribution in [2.75, 3.05) is 0 Å². The third kappa shape index (κ3) is 4.03. The van der Waals surface area contributed by atoms with Crippen LogP contribution >= 0.6 is 0 Å². The van der Waals surface area contributed by atoms with E-state index in [9.17, 15) is 19.3 Å². The maximum Gasteiger partial charge on any atom is 0.363 e. The van der Waals surface area contributed by atoms with Crippen molar-refractivity contribution in [3.8, 4) is 0 Å². The highest BCUT2D eigenvalue weighted by molar-refractivity contribution is 6.11. The Hall–Kier alpha value is -3.61. The Bertz CT molecular complexity index is 948. The first kappa shape index (κ1) is 16.3. The second kappa shape index (κ2) is 6.88. The Labute approximate surface area is 141 Å². The molecule has 0 atom stereocenters. The summed E-state index contributed by atoms with van der Waals surface area (Å²) in [5, 5.41) is 10.8. The number of esters is 1. The minimum absolute atomic E-state index is 0.0424. The lowest BCUT2D eigenvalue weighted by Crippen LogP contribution is -2.01. The standard InChI is InChI=1S/C18H11FN2O4/c19-14-5-1-4-13(9-14)11-16-18(22)25-17(20-16)8-7-12-3-2-6-15(10-12)21(23)24/h1-11H. The molecule has 0 radical (unpaired) electrons. The fraction of sp³-hybridized carbons (Fsp3) is 0. The van der Waals surface area contributed by atoms with Gasteiger partial charge in [-0.1, -0.05) is 24.3 Å². The first-order valence-electron chi connectivity index (χ1n) is 7.22. The van der Waals surface area contributed by atoms with Crippen molar-refractivity contribution in [3.63, 3.8) is 0 Å². The monoisotopic (exact) mass is 338 g/mol. The van der Waals surface area contributed by atoms with Crippen molar-refractivity contribution in [1.29, 1.82) is 0 Å². The second-order valence-corrected chi connectivity index (χ2v) is 5.11. The third-order valence-electron chi connectivity index (χ3n) is 3.29. The van der Waals surface area contributed by atoms with E-state index < -0.39 is 16.7 Å². The summed E-state index contributed by atoms with van der Waals surface area (Å²) in [5.41, 5.74) is 1.05. The Morgan fingerprint density at radius 1 is 1.08 bits per heavy atom. The van der Waals surface area contributed by atoms with Crippen LogP contribution in [0.5, 0.6) is 0 Å². The molecule has 2 aromatic carbocycles. The van der Waals surface area contributed by atoms with Crippen molar-refractivity contribution >= 4 is 29.7 Å². The third-order valence-corrected chi connectivity index (χ3v) is 3.29. The molecule has 0 aliphatic carbocycles. The van der Waals surface area contributed by atoms with E-state index in [1.54, 1.807) is 24.3 Å². The molecule has 124 valence electrons. The van der Waals surface area contributed by atoms with Gasteiger partial charge < -0.3 is 4.74 Å². The molecule has 0 saturated heterocycles. The van der Waals surface area contributed by atoms with Crippen LogP contribution < -0.4 is 0 Å². The molecule has 0 bridgehead atoms. The number of nitro benzene ring substituents is 1. The predicted molar refractivity (Wildman–Crippen MR) is 90.0 cm³/mol. The van der Waals surface area contributed by atoms with Gasteiger partial charge in [-0.05, 0) is 35.4 Å². The summed E-state index contributed by atoms with van der Waals surface area (Å²) in [6, 6.07) is 11.7. The number of ether oxygens (including phenoxy) is 1. The van der Waals surface area contributed by atoms with Gasteiger partial charge in [-0.3, -0.25) is 10.1 Å². The lowest BCUT2D eigenvalue weighted by Gasteiger charge is -1.94. The number of non-ortho nitro benzene ring substituents is 1. The molecule has 0 fully saturated rings. The Kier molecular flexibility index (Phi) is 4.47. The lowest BCUT2D eigenvalue weighted by atomic mass is 10.2. The normalized spacial score (nSPS) is 15.5. The number of cyclic esters (lactones) is 1. The van der Waals surface area contributed by atoms with E-state index in [2.05, 4.69) is 4.99 Å². The zero-order valence-electron chi connectivity index (χ0n) is 12.8. The van der Waals surface area contributed by atoms with Crippen LogP contribution in [-0.4, -0.2) is 16.8 Å². The van der Waals surface area contributed by atoms with Crippen molar-refractivity contribution in [2.45, 2.75) is 0 Å². The van der Waals surface area contributed by atoms with Crippen LogP contribution in [0.4, 0.5) is 10.1 Å². The summed E-state index contributed by atoms with van der Waals surface area (Å²) in [6.07, 6.45) is 4.40. The van der Waals surface area contributed by atoms with Crippen molar-refractivity contribution in [1.82, 2.24) is 0 Å². The van der Waals surface area contributed by atoms with E-state index in [1.165, 1.54) is 42.5 Å². The van der Waals surface area contributed by atoms with Crippen molar-refractivity contribution in [2.24, 2.45) is 4.99 Å². The molecule has 25 heavy (non-hydrogen) atoms. The maximum atomic E-state index is 13.2. The van der Waals surface area contributed by atoms with Gasteiger partial charge >= 0.3 is 5.97 Å². The molecular weight excluding hydrogens is 327 g/mol. The molecule has 0 spiro atoms. The van der Waals surface area contributed by atoms with Crippen LogP contribution in [-0.2, 0) is 9.53 Å². The number of rotatable bonds is 4. The molecule has 1 heterocycles. The molecule has 6 nitrogen and oxygen atoms in total. The first-order chi connectivity index (χ1) is 12.0. The molecule has 2 aromatic rings. The molecule has 0 amide bonds. The van der Waals surface area contributed by atoms with Gasteiger partial charge in [-0.25, -0.2) is 14.2 Å². The average molecular weight is 338 g/mol. The molecule has 7 heteroatoms. The van der Waals surface area contributed by atoms with Crippen LogP contribution in [0.2, 0.25) is 0 Å². The number of aliphatic imine (C=N–C) groups is 1. The van der Waals surface area contributed by atoms with E-state index in [4.69, 9.17) is 4.74 Å². The zero-order valence-corrected chi connectivity index (χ0v) is 12.8. The predicted octanol–water partition coefficient (Wildman–Crippen LogP) is 3.74. The van der Waals surface area contributed by atoms with Gasteiger partial charge in [-0.15, -0.1) is 0 Å². The molecule has 0 aromatic heterocycles. The minimum Gasteiger partial charge on any atom is -0.403 e. The minimum atomic E-state index is -0.650. The fourth-order valence-corrected chi connectivity index (χ4v) is 2.16. The van der Waals surface area contributed by atoms with Crippen LogP contribution in [0.15, 0.2) is 65.3 Å². The van der Waals surface area contributed by atoms with E-state index in [-0.39, 0.29) is 17.3 Å². The lowest BCUT2D eigenvalue weighted by molar-refractivity contribution is -0.384. The SMILES string of the molecule is O=C1OC(C=Cc2cccc([N+](=O)[O-])c2)=NC1=Cc1cccc(F)c1. The number of carbonyl (C=O) groups excluding carboxylic acids is 1. The molecule has 0 unspecified atom stereocenters. The van der Waals surface area contributed by atoms with Gasteiger partial charge in [0.1, 0.15) is 5.82 Å². The zero-order chi connectivity index (χ0) is 17.8. The molecule has 1 aliphatic heterocycles.